The van der Waals surface area contributed by atoms with Crippen LogP contribution < -0.4 is 4.74 Å². The summed E-state index contributed by atoms with van der Waals surface area (Å²) in [4.78, 5) is 4.18. The van der Waals surface area contributed by atoms with Crippen molar-refractivity contribution in [3.05, 3.63) is 53.7 Å². The molecule has 2 heteroatoms. The van der Waals surface area contributed by atoms with Crippen molar-refractivity contribution in [3.8, 4) is 11.6 Å². The minimum Gasteiger partial charge on any atom is -0.439 e. The second kappa shape index (κ2) is 4.13. The SMILES string of the molecule is Cc1ccc(Oc2cccc(C)c2)nc1. The van der Waals surface area contributed by atoms with E-state index in [0.717, 1.165) is 11.3 Å². The number of aryl methyl sites for hydroxylation is 2. The van der Waals surface area contributed by atoms with Crippen LogP contribution in [0.25, 0.3) is 0 Å². The zero-order valence-electron chi connectivity index (χ0n) is 8.90. The van der Waals surface area contributed by atoms with Crippen molar-refractivity contribution in [2.24, 2.45) is 0 Å². The molecule has 0 saturated carbocycles. The van der Waals surface area contributed by atoms with Crippen LogP contribution in [0, 0.1) is 13.8 Å². The molecule has 2 aromatic rings. The van der Waals surface area contributed by atoms with Gasteiger partial charge in [-0.15, -0.1) is 0 Å². The molecule has 2 nitrogen and oxygen atoms in total. The number of pyridine rings is 1. The number of aromatic nitrogens is 1. The summed E-state index contributed by atoms with van der Waals surface area (Å²) in [6, 6.07) is 11.8. The highest BCUT2D eigenvalue weighted by Crippen LogP contribution is 2.19. The molecule has 0 aliphatic rings. The maximum atomic E-state index is 5.60. The third kappa shape index (κ3) is 2.56. The number of hydrogen-bond acceptors (Lipinski definition) is 2. The van der Waals surface area contributed by atoms with Gasteiger partial charge in [0.05, 0.1) is 0 Å². The van der Waals surface area contributed by atoms with Crippen LogP contribution >= 0.6 is 0 Å². The fraction of sp³-hybridized carbons (Fsp3) is 0.154. The van der Waals surface area contributed by atoms with Crippen molar-refractivity contribution in [3.63, 3.8) is 0 Å². The zero-order valence-corrected chi connectivity index (χ0v) is 8.90. The molecule has 0 amide bonds. The Morgan fingerprint density at radius 3 is 2.53 bits per heavy atom. The average Bonchev–Trinajstić information content (AvgIpc) is 2.22. The molecule has 0 fully saturated rings. The molecule has 0 saturated heterocycles. The lowest BCUT2D eigenvalue weighted by molar-refractivity contribution is 0.462. The van der Waals surface area contributed by atoms with Gasteiger partial charge in [0.25, 0.3) is 0 Å². The van der Waals surface area contributed by atoms with E-state index in [-0.39, 0.29) is 0 Å². The topological polar surface area (TPSA) is 22.1 Å². The van der Waals surface area contributed by atoms with E-state index in [4.69, 9.17) is 4.74 Å². The minimum atomic E-state index is 0.631. The molecule has 76 valence electrons. The van der Waals surface area contributed by atoms with E-state index in [9.17, 15) is 0 Å². The Morgan fingerprint density at radius 2 is 1.87 bits per heavy atom. The number of hydrogen-bond donors (Lipinski definition) is 0. The summed E-state index contributed by atoms with van der Waals surface area (Å²) in [5.41, 5.74) is 2.31. The Balaban J connectivity index is 2.18. The molecule has 1 aromatic carbocycles. The molecule has 0 atom stereocenters. The summed E-state index contributed by atoms with van der Waals surface area (Å²) in [5, 5.41) is 0. The Hall–Kier alpha value is -1.83. The van der Waals surface area contributed by atoms with Crippen LogP contribution in [0.1, 0.15) is 11.1 Å². The van der Waals surface area contributed by atoms with E-state index in [1.807, 2.05) is 50.2 Å². The highest BCUT2D eigenvalue weighted by atomic mass is 16.5. The molecular formula is C13H13NO. The summed E-state index contributed by atoms with van der Waals surface area (Å²) >= 11 is 0. The first-order valence-electron chi connectivity index (χ1n) is 4.91. The number of ether oxygens (including phenoxy) is 1. The van der Waals surface area contributed by atoms with Crippen molar-refractivity contribution in [2.75, 3.05) is 0 Å². The Morgan fingerprint density at radius 1 is 1.00 bits per heavy atom. The second-order valence-electron chi connectivity index (χ2n) is 3.59. The fourth-order valence-electron chi connectivity index (χ4n) is 1.31. The standard InChI is InChI=1S/C13H13NO/c1-10-4-3-5-12(8-10)15-13-7-6-11(2)9-14-13/h3-9H,1-2H3. The Labute approximate surface area is 89.6 Å². The average molecular weight is 199 g/mol. The molecule has 0 radical (unpaired) electrons. The summed E-state index contributed by atoms with van der Waals surface area (Å²) in [7, 11) is 0. The third-order valence-corrected chi connectivity index (χ3v) is 2.10. The summed E-state index contributed by atoms with van der Waals surface area (Å²) in [6.07, 6.45) is 1.80. The van der Waals surface area contributed by atoms with E-state index in [0.29, 0.717) is 5.88 Å². The van der Waals surface area contributed by atoms with Crippen molar-refractivity contribution in [2.45, 2.75) is 13.8 Å². The maximum Gasteiger partial charge on any atom is 0.219 e. The largest absolute Gasteiger partial charge is 0.439 e. The smallest absolute Gasteiger partial charge is 0.219 e. The van der Waals surface area contributed by atoms with E-state index < -0.39 is 0 Å². The van der Waals surface area contributed by atoms with Gasteiger partial charge in [-0.1, -0.05) is 18.2 Å². The van der Waals surface area contributed by atoms with Crippen molar-refractivity contribution >= 4 is 0 Å². The van der Waals surface area contributed by atoms with E-state index >= 15 is 0 Å². The fourth-order valence-corrected chi connectivity index (χ4v) is 1.31. The third-order valence-electron chi connectivity index (χ3n) is 2.10. The van der Waals surface area contributed by atoms with Crippen LogP contribution in [-0.2, 0) is 0 Å². The van der Waals surface area contributed by atoms with Crippen molar-refractivity contribution in [1.82, 2.24) is 4.98 Å². The zero-order chi connectivity index (χ0) is 10.7. The maximum absolute atomic E-state index is 5.60. The van der Waals surface area contributed by atoms with Gasteiger partial charge >= 0.3 is 0 Å². The number of rotatable bonds is 2. The Kier molecular flexibility index (Phi) is 2.68. The van der Waals surface area contributed by atoms with Crippen LogP contribution in [0.2, 0.25) is 0 Å². The van der Waals surface area contributed by atoms with Gasteiger partial charge in [0, 0.05) is 12.3 Å². The van der Waals surface area contributed by atoms with Gasteiger partial charge in [-0.25, -0.2) is 4.98 Å². The molecule has 1 heterocycles. The van der Waals surface area contributed by atoms with Crippen molar-refractivity contribution < 1.29 is 4.74 Å². The monoisotopic (exact) mass is 199 g/mol. The van der Waals surface area contributed by atoms with Gasteiger partial charge in [-0.05, 0) is 37.1 Å². The minimum absolute atomic E-state index is 0.631. The molecular weight excluding hydrogens is 186 g/mol. The quantitative estimate of drug-likeness (QED) is 0.738. The molecule has 0 aliphatic heterocycles. The first-order chi connectivity index (χ1) is 7.24. The lowest BCUT2D eigenvalue weighted by Gasteiger charge is -2.04. The molecule has 0 N–H and O–H groups in total. The second-order valence-corrected chi connectivity index (χ2v) is 3.59. The highest BCUT2D eigenvalue weighted by Gasteiger charge is 1.97. The van der Waals surface area contributed by atoms with Crippen molar-refractivity contribution in [1.29, 1.82) is 0 Å². The van der Waals surface area contributed by atoms with Gasteiger partial charge < -0.3 is 4.74 Å². The van der Waals surface area contributed by atoms with Crippen LogP contribution in [0.15, 0.2) is 42.6 Å². The van der Waals surface area contributed by atoms with Gasteiger partial charge in [-0.2, -0.15) is 0 Å². The van der Waals surface area contributed by atoms with Gasteiger partial charge in [0.1, 0.15) is 5.75 Å². The Bertz CT molecular complexity index is 448. The van der Waals surface area contributed by atoms with Gasteiger partial charge in [-0.3, -0.25) is 0 Å². The lowest BCUT2D eigenvalue weighted by Crippen LogP contribution is -1.88. The summed E-state index contributed by atoms with van der Waals surface area (Å²) in [6.45, 7) is 4.04. The molecule has 0 aliphatic carbocycles. The van der Waals surface area contributed by atoms with E-state index in [1.165, 1.54) is 5.56 Å². The normalized spacial score (nSPS) is 10.0. The number of nitrogens with zero attached hydrogens (tertiary/aromatic N) is 1. The molecule has 2 rings (SSSR count). The van der Waals surface area contributed by atoms with E-state index in [1.54, 1.807) is 6.20 Å². The first-order valence-corrected chi connectivity index (χ1v) is 4.91. The van der Waals surface area contributed by atoms with Crippen LogP contribution in [-0.4, -0.2) is 4.98 Å². The predicted octanol–water partition coefficient (Wildman–Crippen LogP) is 3.49. The van der Waals surface area contributed by atoms with Crippen LogP contribution in [0.3, 0.4) is 0 Å². The van der Waals surface area contributed by atoms with Crippen LogP contribution in [0.4, 0.5) is 0 Å². The molecule has 0 unspecified atom stereocenters. The van der Waals surface area contributed by atoms with Gasteiger partial charge in [0.2, 0.25) is 5.88 Å². The number of benzene rings is 1. The lowest BCUT2D eigenvalue weighted by atomic mass is 10.2. The summed E-state index contributed by atoms with van der Waals surface area (Å²) < 4.78 is 5.60. The first kappa shape index (κ1) is 9.71. The van der Waals surface area contributed by atoms with Crippen LogP contribution in [0.5, 0.6) is 11.6 Å². The van der Waals surface area contributed by atoms with E-state index in [2.05, 4.69) is 4.98 Å². The molecule has 0 bridgehead atoms. The predicted molar refractivity (Wildman–Crippen MR) is 60.2 cm³/mol. The molecule has 1 aromatic heterocycles. The molecule has 15 heavy (non-hydrogen) atoms. The highest BCUT2D eigenvalue weighted by molar-refractivity contribution is 5.31. The summed E-state index contributed by atoms with van der Waals surface area (Å²) in [5.74, 6) is 1.46. The van der Waals surface area contributed by atoms with Gasteiger partial charge in [0.15, 0.2) is 0 Å². The molecule has 0 spiro atoms.